The number of nitrogens with zero attached hydrogens (tertiary/aromatic N) is 3. The van der Waals surface area contributed by atoms with Gasteiger partial charge in [0, 0.05) is 26.0 Å². The molecule has 20 heavy (non-hydrogen) atoms. The Kier molecular flexibility index (Phi) is 5.45. The van der Waals surface area contributed by atoms with E-state index < -0.39 is 0 Å². The molecule has 0 saturated carbocycles. The first-order valence-corrected chi connectivity index (χ1v) is 6.48. The number of methoxy groups -OCH3 is 1. The van der Waals surface area contributed by atoms with Crippen LogP contribution in [0.3, 0.4) is 0 Å². The molecule has 2 rings (SSSR count). The van der Waals surface area contributed by atoms with Crippen molar-refractivity contribution in [3.8, 4) is 0 Å². The summed E-state index contributed by atoms with van der Waals surface area (Å²) in [6, 6.07) is 4.38. The minimum Gasteiger partial charge on any atom is -0.407 e. The van der Waals surface area contributed by atoms with E-state index in [1.54, 1.807) is 19.5 Å². The largest absolute Gasteiger partial charge is 0.407 e. The van der Waals surface area contributed by atoms with Crippen LogP contribution in [-0.4, -0.2) is 35.4 Å². The van der Waals surface area contributed by atoms with E-state index in [1.807, 2.05) is 19.1 Å². The SMILES string of the molecule is COCCNCc1nnc(NC(C)c2ccncc2)o1. The minimum atomic E-state index is 0.0766. The number of hydrogen-bond acceptors (Lipinski definition) is 7. The lowest BCUT2D eigenvalue weighted by Gasteiger charge is -2.11. The Morgan fingerprint density at radius 1 is 1.30 bits per heavy atom. The summed E-state index contributed by atoms with van der Waals surface area (Å²) in [4.78, 5) is 3.99. The Morgan fingerprint density at radius 2 is 2.10 bits per heavy atom. The van der Waals surface area contributed by atoms with Crippen LogP contribution in [0.1, 0.15) is 24.4 Å². The van der Waals surface area contributed by atoms with E-state index in [4.69, 9.17) is 9.15 Å². The maximum absolute atomic E-state index is 5.50. The fraction of sp³-hybridized carbons (Fsp3) is 0.462. The molecule has 0 aliphatic heterocycles. The third-order valence-corrected chi connectivity index (χ3v) is 2.77. The lowest BCUT2D eigenvalue weighted by molar-refractivity contribution is 0.198. The van der Waals surface area contributed by atoms with Crippen molar-refractivity contribution >= 4 is 6.01 Å². The molecule has 7 nitrogen and oxygen atoms in total. The number of anilines is 1. The van der Waals surface area contributed by atoms with Crippen LogP contribution < -0.4 is 10.6 Å². The molecule has 0 aromatic carbocycles. The molecule has 2 aromatic rings. The average Bonchev–Trinajstić information content (AvgIpc) is 2.92. The maximum atomic E-state index is 5.50. The van der Waals surface area contributed by atoms with Gasteiger partial charge in [-0.3, -0.25) is 4.98 Å². The molecule has 0 fully saturated rings. The van der Waals surface area contributed by atoms with E-state index in [0.29, 0.717) is 25.1 Å². The second-order valence-corrected chi connectivity index (χ2v) is 4.32. The average molecular weight is 277 g/mol. The molecule has 108 valence electrons. The topological polar surface area (TPSA) is 85.1 Å². The summed E-state index contributed by atoms with van der Waals surface area (Å²) in [7, 11) is 1.66. The lowest BCUT2D eigenvalue weighted by Crippen LogP contribution is -2.18. The zero-order valence-electron chi connectivity index (χ0n) is 11.7. The fourth-order valence-electron chi connectivity index (χ4n) is 1.67. The van der Waals surface area contributed by atoms with Gasteiger partial charge >= 0.3 is 6.01 Å². The molecule has 2 aromatic heterocycles. The normalized spacial score (nSPS) is 12.3. The summed E-state index contributed by atoms with van der Waals surface area (Å²) in [5, 5.41) is 14.2. The van der Waals surface area contributed by atoms with Crippen molar-refractivity contribution in [3.63, 3.8) is 0 Å². The Bertz CT molecular complexity index is 502. The smallest absolute Gasteiger partial charge is 0.315 e. The molecule has 0 spiro atoms. The molecule has 1 unspecified atom stereocenters. The van der Waals surface area contributed by atoms with Crippen LogP contribution in [0.15, 0.2) is 28.9 Å². The Labute approximate surface area is 117 Å². The monoisotopic (exact) mass is 277 g/mol. The van der Waals surface area contributed by atoms with Crippen molar-refractivity contribution < 1.29 is 9.15 Å². The first kappa shape index (κ1) is 14.4. The third-order valence-electron chi connectivity index (χ3n) is 2.77. The number of nitrogens with one attached hydrogen (secondary N) is 2. The van der Waals surface area contributed by atoms with Gasteiger partial charge in [0.05, 0.1) is 19.2 Å². The molecule has 2 heterocycles. The second-order valence-electron chi connectivity index (χ2n) is 4.32. The van der Waals surface area contributed by atoms with Gasteiger partial charge in [-0.15, -0.1) is 5.10 Å². The van der Waals surface area contributed by atoms with E-state index in [2.05, 4.69) is 25.8 Å². The first-order chi connectivity index (χ1) is 9.79. The molecular weight excluding hydrogens is 258 g/mol. The van der Waals surface area contributed by atoms with Crippen LogP contribution in [0.2, 0.25) is 0 Å². The van der Waals surface area contributed by atoms with Crippen LogP contribution in [0, 0.1) is 0 Å². The van der Waals surface area contributed by atoms with E-state index in [-0.39, 0.29) is 6.04 Å². The van der Waals surface area contributed by atoms with E-state index in [1.165, 1.54) is 0 Å². The summed E-state index contributed by atoms with van der Waals surface area (Å²) < 4.78 is 10.4. The van der Waals surface area contributed by atoms with Crippen molar-refractivity contribution in [2.75, 3.05) is 25.6 Å². The fourth-order valence-corrected chi connectivity index (χ4v) is 1.67. The van der Waals surface area contributed by atoms with Gasteiger partial charge in [-0.2, -0.15) is 0 Å². The summed E-state index contributed by atoms with van der Waals surface area (Å²) in [6.45, 7) is 3.95. The van der Waals surface area contributed by atoms with E-state index in [9.17, 15) is 0 Å². The number of aromatic nitrogens is 3. The standard InChI is InChI=1S/C13H19N5O2/c1-10(11-3-5-14-6-4-11)16-13-18-17-12(20-13)9-15-7-8-19-2/h3-6,10,15H,7-9H2,1-2H3,(H,16,18). The van der Waals surface area contributed by atoms with Gasteiger partial charge in [-0.05, 0) is 24.6 Å². The number of hydrogen-bond donors (Lipinski definition) is 2. The molecule has 0 bridgehead atoms. The van der Waals surface area contributed by atoms with Crippen LogP contribution in [-0.2, 0) is 11.3 Å². The molecule has 2 N–H and O–H groups in total. The van der Waals surface area contributed by atoms with Gasteiger partial charge in [0.2, 0.25) is 5.89 Å². The molecule has 1 atom stereocenters. The Morgan fingerprint density at radius 3 is 2.85 bits per heavy atom. The zero-order chi connectivity index (χ0) is 14.2. The highest BCUT2D eigenvalue weighted by molar-refractivity contribution is 5.26. The van der Waals surface area contributed by atoms with Gasteiger partial charge in [0.25, 0.3) is 0 Å². The van der Waals surface area contributed by atoms with E-state index in [0.717, 1.165) is 12.1 Å². The molecule has 0 radical (unpaired) electrons. The highest BCUT2D eigenvalue weighted by Crippen LogP contribution is 2.17. The molecule has 0 aliphatic carbocycles. The second kappa shape index (κ2) is 7.56. The Balaban J connectivity index is 1.83. The van der Waals surface area contributed by atoms with Crippen molar-refractivity contribution in [1.82, 2.24) is 20.5 Å². The number of ether oxygens (including phenoxy) is 1. The first-order valence-electron chi connectivity index (χ1n) is 6.48. The van der Waals surface area contributed by atoms with Gasteiger partial charge in [-0.1, -0.05) is 5.10 Å². The predicted molar refractivity (Wildman–Crippen MR) is 74.2 cm³/mol. The molecule has 0 aliphatic rings. The molecule has 0 saturated heterocycles. The molecule has 7 heteroatoms. The zero-order valence-corrected chi connectivity index (χ0v) is 11.7. The summed E-state index contributed by atoms with van der Waals surface area (Å²) in [5.41, 5.74) is 1.11. The maximum Gasteiger partial charge on any atom is 0.315 e. The number of rotatable bonds is 8. The van der Waals surface area contributed by atoms with Crippen LogP contribution >= 0.6 is 0 Å². The quantitative estimate of drug-likeness (QED) is 0.705. The van der Waals surface area contributed by atoms with Gasteiger partial charge in [0.1, 0.15) is 0 Å². The van der Waals surface area contributed by atoms with Crippen LogP contribution in [0.25, 0.3) is 0 Å². The van der Waals surface area contributed by atoms with E-state index >= 15 is 0 Å². The van der Waals surface area contributed by atoms with Crippen LogP contribution in [0.4, 0.5) is 6.01 Å². The highest BCUT2D eigenvalue weighted by Gasteiger charge is 2.10. The van der Waals surface area contributed by atoms with Crippen molar-refractivity contribution in [2.45, 2.75) is 19.5 Å². The van der Waals surface area contributed by atoms with Crippen LogP contribution in [0.5, 0.6) is 0 Å². The van der Waals surface area contributed by atoms with Gasteiger partial charge in [-0.25, -0.2) is 0 Å². The predicted octanol–water partition coefficient (Wildman–Crippen LogP) is 1.37. The van der Waals surface area contributed by atoms with Gasteiger partial charge < -0.3 is 19.8 Å². The van der Waals surface area contributed by atoms with Crippen molar-refractivity contribution in [2.24, 2.45) is 0 Å². The molecular formula is C13H19N5O2. The van der Waals surface area contributed by atoms with Crippen molar-refractivity contribution in [1.29, 1.82) is 0 Å². The van der Waals surface area contributed by atoms with Crippen molar-refractivity contribution in [3.05, 3.63) is 36.0 Å². The summed E-state index contributed by atoms with van der Waals surface area (Å²) in [6.07, 6.45) is 3.51. The summed E-state index contributed by atoms with van der Waals surface area (Å²) in [5.74, 6) is 0.547. The lowest BCUT2D eigenvalue weighted by atomic mass is 10.1. The highest BCUT2D eigenvalue weighted by atomic mass is 16.5. The minimum absolute atomic E-state index is 0.0766. The Hall–Kier alpha value is -1.99. The van der Waals surface area contributed by atoms with Gasteiger partial charge in [0.15, 0.2) is 0 Å². The third kappa shape index (κ3) is 4.29. The number of pyridine rings is 1. The summed E-state index contributed by atoms with van der Waals surface area (Å²) >= 11 is 0. The molecule has 0 amide bonds.